The summed E-state index contributed by atoms with van der Waals surface area (Å²) in [6.07, 6.45) is 8.50. The van der Waals surface area contributed by atoms with Gasteiger partial charge < -0.3 is 10.0 Å². The zero-order valence-electron chi connectivity index (χ0n) is 10.1. The molecule has 0 radical (unpaired) electrons. The molecule has 18 heavy (non-hydrogen) atoms. The third-order valence-corrected chi connectivity index (χ3v) is 2.34. The average molecular weight is 246 g/mol. The summed E-state index contributed by atoms with van der Waals surface area (Å²) in [5.41, 5.74) is 0.00169. The number of hydrogen-bond acceptors (Lipinski definition) is 3. The molecule has 0 saturated carbocycles. The molecule has 1 N–H and O–H groups in total. The number of carbonyl (C=O) groups excluding carboxylic acids is 1. The molecule has 0 saturated heterocycles. The van der Waals surface area contributed by atoms with Crippen LogP contribution in [0.5, 0.6) is 0 Å². The molecule has 1 rings (SSSR count). The number of carboxylic acids is 1. The van der Waals surface area contributed by atoms with Gasteiger partial charge in [-0.3, -0.25) is 9.78 Å². The fourth-order valence-electron chi connectivity index (χ4n) is 1.55. The second-order valence-electron chi connectivity index (χ2n) is 3.66. The molecular weight excluding hydrogens is 232 g/mol. The van der Waals surface area contributed by atoms with Gasteiger partial charge >= 0.3 is 5.97 Å². The predicted molar refractivity (Wildman–Crippen MR) is 66.2 cm³/mol. The highest BCUT2D eigenvalue weighted by atomic mass is 16.4. The highest BCUT2D eigenvalue weighted by molar-refractivity contribution is 6.04. The van der Waals surface area contributed by atoms with Crippen molar-refractivity contribution in [2.45, 2.75) is 13.3 Å². The Morgan fingerprint density at radius 2 is 2.22 bits per heavy atom. The fraction of sp³-hybridized carbons (Fsp3) is 0.308. The van der Waals surface area contributed by atoms with Gasteiger partial charge in [0.15, 0.2) is 0 Å². The van der Waals surface area contributed by atoms with Crippen molar-refractivity contribution in [1.29, 1.82) is 0 Å². The van der Waals surface area contributed by atoms with Gasteiger partial charge in [0.05, 0.1) is 17.7 Å². The highest BCUT2D eigenvalue weighted by Crippen LogP contribution is 2.11. The van der Waals surface area contributed by atoms with Gasteiger partial charge in [0.1, 0.15) is 0 Å². The Kier molecular flexibility index (Phi) is 4.88. The first-order valence-electron chi connectivity index (χ1n) is 5.51. The zero-order valence-corrected chi connectivity index (χ0v) is 10.1. The number of carbonyl (C=O) groups is 2. The number of pyridine rings is 1. The number of carboxylic acid groups (broad SMARTS) is 1. The Hall–Kier alpha value is -2.35. The summed E-state index contributed by atoms with van der Waals surface area (Å²) in [5.74, 6) is 0.837. The van der Waals surface area contributed by atoms with Crippen LogP contribution in [0, 0.1) is 12.3 Å². The van der Waals surface area contributed by atoms with E-state index in [2.05, 4.69) is 10.9 Å². The number of terminal acetylenes is 1. The summed E-state index contributed by atoms with van der Waals surface area (Å²) >= 11 is 0. The van der Waals surface area contributed by atoms with Crippen LogP contribution < -0.4 is 0 Å². The molecular formula is C13H14N2O3. The van der Waals surface area contributed by atoms with Gasteiger partial charge in [0.2, 0.25) is 0 Å². The Morgan fingerprint density at radius 1 is 1.50 bits per heavy atom. The Morgan fingerprint density at radius 3 is 2.78 bits per heavy atom. The van der Waals surface area contributed by atoms with Crippen molar-refractivity contribution in [3.05, 3.63) is 29.6 Å². The van der Waals surface area contributed by atoms with Crippen LogP contribution in [0.2, 0.25) is 0 Å². The van der Waals surface area contributed by atoms with E-state index in [4.69, 9.17) is 11.5 Å². The molecule has 0 fully saturated rings. The van der Waals surface area contributed by atoms with E-state index in [1.807, 2.05) is 6.92 Å². The van der Waals surface area contributed by atoms with E-state index in [1.54, 1.807) is 0 Å². The Balaban J connectivity index is 3.09. The number of hydrogen-bond donors (Lipinski definition) is 1. The van der Waals surface area contributed by atoms with Crippen LogP contribution in [-0.4, -0.2) is 40.0 Å². The van der Waals surface area contributed by atoms with Gasteiger partial charge in [-0.05, 0) is 12.5 Å². The molecule has 1 heterocycles. The maximum absolute atomic E-state index is 12.2. The van der Waals surface area contributed by atoms with Gasteiger partial charge in [-0.25, -0.2) is 4.79 Å². The van der Waals surface area contributed by atoms with Crippen LogP contribution in [-0.2, 0) is 0 Å². The van der Waals surface area contributed by atoms with Crippen molar-refractivity contribution < 1.29 is 14.7 Å². The molecule has 1 aromatic rings. The largest absolute Gasteiger partial charge is 0.478 e. The quantitative estimate of drug-likeness (QED) is 0.794. The number of rotatable bonds is 5. The molecule has 0 aliphatic heterocycles. The molecule has 0 unspecified atom stereocenters. The minimum absolute atomic E-state index is 0.111. The smallest absolute Gasteiger partial charge is 0.338 e. The first kappa shape index (κ1) is 13.7. The lowest BCUT2D eigenvalue weighted by molar-refractivity contribution is 0.0678. The van der Waals surface area contributed by atoms with Crippen molar-refractivity contribution in [1.82, 2.24) is 9.88 Å². The van der Waals surface area contributed by atoms with E-state index in [0.717, 1.165) is 12.6 Å². The molecule has 0 spiro atoms. The molecule has 94 valence electrons. The van der Waals surface area contributed by atoms with E-state index in [0.29, 0.717) is 6.54 Å². The van der Waals surface area contributed by atoms with Gasteiger partial charge in [-0.2, -0.15) is 0 Å². The van der Waals surface area contributed by atoms with Crippen molar-refractivity contribution in [2.24, 2.45) is 0 Å². The van der Waals surface area contributed by atoms with E-state index in [1.165, 1.54) is 17.2 Å². The summed E-state index contributed by atoms with van der Waals surface area (Å²) < 4.78 is 0. The van der Waals surface area contributed by atoms with E-state index in [-0.39, 0.29) is 23.6 Å². The zero-order chi connectivity index (χ0) is 13.5. The standard InChI is InChI=1S/C13H14N2O3/c1-3-7-15(8-4-2)12(16)10-5-6-14-9-11(10)13(17)18/h1,5-6,9H,4,7-8H2,2H3,(H,17,18). The van der Waals surface area contributed by atoms with Crippen molar-refractivity contribution in [3.63, 3.8) is 0 Å². The van der Waals surface area contributed by atoms with Crippen LogP contribution in [0.15, 0.2) is 18.5 Å². The van der Waals surface area contributed by atoms with Crippen LogP contribution in [0.3, 0.4) is 0 Å². The van der Waals surface area contributed by atoms with Crippen LogP contribution in [0.25, 0.3) is 0 Å². The molecule has 0 aromatic carbocycles. The molecule has 5 nitrogen and oxygen atoms in total. The molecule has 0 bridgehead atoms. The van der Waals surface area contributed by atoms with E-state index in [9.17, 15) is 9.59 Å². The second-order valence-corrected chi connectivity index (χ2v) is 3.66. The van der Waals surface area contributed by atoms with Crippen molar-refractivity contribution in [2.75, 3.05) is 13.1 Å². The number of amides is 1. The maximum atomic E-state index is 12.2. The van der Waals surface area contributed by atoms with Crippen molar-refractivity contribution >= 4 is 11.9 Å². The number of aromatic nitrogens is 1. The monoisotopic (exact) mass is 246 g/mol. The van der Waals surface area contributed by atoms with Crippen molar-refractivity contribution in [3.8, 4) is 12.3 Å². The first-order chi connectivity index (χ1) is 8.61. The third-order valence-electron chi connectivity index (χ3n) is 2.34. The summed E-state index contributed by atoms with van der Waals surface area (Å²) in [4.78, 5) is 28.4. The number of nitrogens with zero attached hydrogens (tertiary/aromatic N) is 2. The SMILES string of the molecule is C#CCN(CCC)C(=O)c1ccncc1C(=O)O. The van der Waals surface area contributed by atoms with E-state index < -0.39 is 5.97 Å². The summed E-state index contributed by atoms with van der Waals surface area (Å²) in [6.45, 7) is 2.57. The van der Waals surface area contributed by atoms with Gasteiger partial charge in [0, 0.05) is 18.9 Å². The fourth-order valence-corrected chi connectivity index (χ4v) is 1.55. The van der Waals surface area contributed by atoms with Crippen LogP contribution in [0.1, 0.15) is 34.1 Å². The second kappa shape index (κ2) is 6.40. The van der Waals surface area contributed by atoms with E-state index >= 15 is 0 Å². The molecule has 5 heteroatoms. The summed E-state index contributed by atoms with van der Waals surface area (Å²) in [7, 11) is 0. The van der Waals surface area contributed by atoms with Crippen LogP contribution in [0.4, 0.5) is 0 Å². The van der Waals surface area contributed by atoms with Gasteiger partial charge in [0.25, 0.3) is 5.91 Å². The molecule has 0 aliphatic rings. The molecule has 0 atom stereocenters. The maximum Gasteiger partial charge on any atom is 0.338 e. The third kappa shape index (κ3) is 3.08. The Bertz CT molecular complexity index is 491. The molecule has 1 amide bonds. The number of aromatic carboxylic acids is 1. The average Bonchev–Trinajstić information content (AvgIpc) is 2.37. The lowest BCUT2D eigenvalue weighted by Gasteiger charge is -2.20. The predicted octanol–water partition coefficient (Wildman–Crippen LogP) is 1.27. The lowest BCUT2D eigenvalue weighted by atomic mass is 10.1. The first-order valence-corrected chi connectivity index (χ1v) is 5.51. The van der Waals surface area contributed by atoms with Gasteiger partial charge in [-0.1, -0.05) is 12.8 Å². The lowest BCUT2D eigenvalue weighted by Crippen LogP contribution is -2.33. The van der Waals surface area contributed by atoms with Gasteiger partial charge in [-0.15, -0.1) is 6.42 Å². The molecule has 1 aromatic heterocycles. The highest BCUT2D eigenvalue weighted by Gasteiger charge is 2.20. The summed E-state index contributed by atoms with van der Waals surface area (Å²) in [6, 6.07) is 1.39. The Labute approximate surface area is 105 Å². The normalized spacial score (nSPS) is 9.56. The summed E-state index contributed by atoms with van der Waals surface area (Å²) in [5, 5.41) is 9.01. The van der Waals surface area contributed by atoms with Crippen LogP contribution >= 0.6 is 0 Å². The molecule has 0 aliphatic carbocycles. The minimum atomic E-state index is -1.18. The minimum Gasteiger partial charge on any atom is -0.478 e. The topological polar surface area (TPSA) is 70.5 Å².